The Kier molecular flexibility index (Phi) is 2.89. The molecule has 1 rings (SSSR count). The zero-order chi connectivity index (χ0) is 9.19. The smallest absolute Gasteiger partial charge is 0.126 e. The molecule has 1 aliphatic carbocycles. The second-order valence-electron chi connectivity index (χ2n) is 4.09. The minimum Gasteiger partial charge on any atom is -0.393 e. The summed E-state index contributed by atoms with van der Waals surface area (Å²) in [5, 5.41) is 9.42. The van der Waals surface area contributed by atoms with Crippen LogP contribution >= 0.6 is 0 Å². The third-order valence-electron chi connectivity index (χ3n) is 3.40. The van der Waals surface area contributed by atoms with Crippen molar-refractivity contribution in [1.29, 1.82) is 0 Å². The highest BCUT2D eigenvalue weighted by molar-refractivity contribution is 5.60. The second kappa shape index (κ2) is 3.56. The van der Waals surface area contributed by atoms with E-state index in [4.69, 9.17) is 0 Å². The fourth-order valence-electron chi connectivity index (χ4n) is 2.19. The number of aliphatic hydroxyl groups is 1. The average molecular weight is 170 g/mol. The van der Waals surface area contributed by atoms with Gasteiger partial charge in [0, 0.05) is 5.41 Å². The van der Waals surface area contributed by atoms with Crippen LogP contribution in [0.3, 0.4) is 0 Å². The van der Waals surface area contributed by atoms with Crippen molar-refractivity contribution >= 4 is 6.29 Å². The molecule has 0 heterocycles. The maximum absolute atomic E-state index is 11.0. The maximum atomic E-state index is 11.0. The van der Waals surface area contributed by atoms with Crippen molar-refractivity contribution in [1.82, 2.24) is 0 Å². The summed E-state index contributed by atoms with van der Waals surface area (Å²) < 4.78 is 0. The molecule has 2 atom stereocenters. The molecule has 0 aromatic carbocycles. The zero-order valence-corrected chi connectivity index (χ0v) is 7.92. The highest BCUT2D eigenvalue weighted by atomic mass is 16.3. The van der Waals surface area contributed by atoms with E-state index in [2.05, 4.69) is 0 Å². The Morgan fingerprint density at radius 3 is 2.17 bits per heavy atom. The van der Waals surface area contributed by atoms with E-state index in [0.29, 0.717) is 0 Å². The van der Waals surface area contributed by atoms with Gasteiger partial charge in [-0.1, -0.05) is 19.8 Å². The van der Waals surface area contributed by atoms with Gasteiger partial charge in [0.1, 0.15) is 6.29 Å². The predicted molar refractivity (Wildman–Crippen MR) is 47.8 cm³/mol. The van der Waals surface area contributed by atoms with Gasteiger partial charge in [0.2, 0.25) is 0 Å². The van der Waals surface area contributed by atoms with Gasteiger partial charge in [0.05, 0.1) is 6.10 Å². The summed E-state index contributed by atoms with van der Waals surface area (Å²) in [6.07, 6.45) is 4.89. The Hall–Kier alpha value is -0.370. The molecule has 2 unspecified atom stereocenters. The lowest BCUT2D eigenvalue weighted by molar-refractivity contribution is -0.121. The minimum absolute atomic E-state index is 0.109. The van der Waals surface area contributed by atoms with E-state index in [1.807, 2.05) is 6.92 Å². The molecule has 0 saturated heterocycles. The lowest BCUT2D eigenvalue weighted by Crippen LogP contribution is -2.34. The van der Waals surface area contributed by atoms with Crippen LogP contribution in [0, 0.1) is 11.3 Å². The molecule has 0 aromatic heterocycles. The molecular formula is C10H18O2. The Morgan fingerprint density at radius 2 is 1.83 bits per heavy atom. The Labute approximate surface area is 74.0 Å². The van der Waals surface area contributed by atoms with Crippen LogP contribution in [0.1, 0.15) is 39.5 Å². The second-order valence-corrected chi connectivity index (χ2v) is 4.09. The molecule has 1 saturated carbocycles. The van der Waals surface area contributed by atoms with Crippen LogP contribution in [0.5, 0.6) is 0 Å². The van der Waals surface area contributed by atoms with Gasteiger partial charge in [0.25, 0.3) is 0 Å². The average Bonchev–Trinajstić information content (AvgIpc) is 2.52. The van der Waals surface area contributed by atoms with Crippen LogP contribution in [0.25, 0.3) is 0 Å². The number of hydrogen-bond donors (Lipinski definition) is 1. The van der Waals surface area contributed by atoms with Gasteiger partial charge in [-0.15, -0.1) is 0 Å². The molecule has 0 radical (unpaired) electrons. The van der Waals surface area contributed by atoms with Crippen molar-refractivity contribution in [2.75, 3.05) is 0 Å². The molecule has 1 fully saturated rings. The van der Waals surface area contributed by atoms with Crippen molar-refractivity contribution in [3.8, 4) is 0 Å². The van der Waals surface area contributed by atoms with Crippen LogP contribution in [0.2, 0.25) is 0 Å². The summed E-state index contributed by atoms with van der Waals surface area (Å²) in [6.45, 7) is 3.75. The molecule has 1 aliphatic rings. The zero-order valence-electron chi connectivity index (χ0n) is 7.92. The molecule has 0 spiro atoms. The molecular weight excluding hydrogens is 152 g/mol. The number of hydrogen-bond acceptors (Lipinski definition) is 2. The van der Waals surface area contributed by atoms with Gasteiger partial charge >= 0.3 is 0 Å². The Balaban J connectivity index is 2.71. The van der Waals surface area contributed by atoms with E-state index >= 15 is 0 Å². The molecule has 2 nitrogen and oxygen atoms in total. The summed E-state index contributed by atoms with van der Waals surface area (Å²) >= 11 is 0. The van der Waals surface area contributed by atoms with Crippen molar-refractivity contribution in [3.05, 3.63) is 0 Å². The molecule has 0 aromatic rings. The first-order valence-corrected chi connectivity index (χ1v) is 4.77. The van der Waals surface area contributed by atoms with E-state index in [1.165, 1.54) is 0 Å². The summed E-state index contributed by atoms with van der Waals surface area (Å²) in [5.74, 6) is 0.109. The molecule has 0 aliphatic heterocycles. The third kappa shape index (κ3) is 1.53. The molecule has 1 N–H and O–H groups in total. The van der Waals surface area contributed by atoms with E-state index in [1.54, 1.807) is 6.92 Å². The van der Waals surface area contributed by atoms with Crippen LogP contribution in [0.4, 0.5) is 0 Å². The normalized spacial score (nSPS) is 26.6. The third-order valence-corrected chi connectivity index (χ3v) is 3.40. The summed E-state index contributed by atoms with van der Waals surface area (Å²) in [6, 6.07) is 0. The fraction of sp³-hybridized carbons (Fsp3) is 0.900. The van der Waals surface area contributed by atoms with Crippen molar-refractivity contribution in [2.45, 2.75) is 45.6 Å². The van der Waals surface area contributed by atoms with Gasteiger partial charge in [-0.05, 0) is 25.7 Å². The monoisotopic (exact) mass is 170 g/mol. The fourth-order valence-corrected chi connectivity index (χ4v) is 2.19. The quantitative estimate of drug-likeness (QED) is 0.655. The van der Waals surface area contributed by atoms with E-state index < -0.39 is 0 Å². The number of aldehydes is 1. The van der Waals surface area contributed by atoms with Crippen molar-refractivity contribution in [2.24, 2.45) is 11.3 Å². The van der Waals surface area contributed by atoms with Gasteiger partial charge in [-0.3, -0.25) is 0 Å². The Morgan fingerprint density at radius 1 is 1.33 bits per heavy atom. The van der Waals surface area contributed by atoms with Crippen LogP contribution in [-0.2, 0) is 4.79 Å². The first kappa shape index (κ1) is 9.72. The van der Waals surface area contributed by atoms with E-state index in [0.717, 1.165) is 32.0 Å². The number of aliphatic hydroxyl groups excluding tert-OH is 1. The molecule has 0 amide bonds. The standard InChI is InChI=1S/C10H18O2/c1-8(9(2)12)10(7-11)5-3-4-6-10/h7-9,12H,3-6H2,1-2H3. The first-order chi connectivity index (χ1) is 5.62. The maximum Gasteiger partial charge on any atom is 0.126 e. The largest absolute Gasteiger partial charge is 0.393 e. The topological polar surface area (TPSA) is 37.3 Å². The SMILES string of the molecule is CC(O)C(C)C1(C=O)CCCC1. The van der Waals surface area contributed by atoms with Crippen LogP contribution in [0.15, 0.2) is 0 Å². The summed E-state index contributed by atoms with van der Waals surface area (Å²) in [5.41, 5.74) is -0.214. The van der Waals surface area contributed by atoms with Gasteiger partial charge < -0.3 is 9.90 Å². The number of carbonyl (C=O) groups is 1. The lowest BCUT2D eigenvalue weighted by Gasteiger charge is -2.31. The summed E-state index contributed by atoms with van der Waals surface area (Å²) in [4.78, 5) is 11.0. The van der Waals surface area contributed by atoms with Crippen molar-refractivity contribution < 1.29 is 9.90 Å². The van der Waals surface area contributed by atoms with Crippen LogP contribution in [-0.4, -0.2) is 17.5 Å². The molecule has 12 heavy (non-hydrogen) atoms. The predicted octanol–water partition coefficient (Wildman–Crippen LogP) is 1.76. The number of carbonyl (C=O) groups excluding carboxylic acids is 1. The lowest BCUT2D eigenvalue weighted by atomic mass is 9.74. The first-order valence-electron chi connectivity index (χ1n) is 4.77. The minimum atomic E-state index is -0.367. The highest BCUT2D eigenvalue weighted by Gasteiger charge is 2.40. The van der Waals surface area contributed by atoms with Crippen molar-refractivity contribution in [3.63, 3.8) is 0 Å². The Bertz CT molecular complexity index is 157. The molecule has 2 heteroatoms. The van der Waals surface area contributed by atoms with E-state index in [-0.39, 0.29) is 17.4 Å². The molecule has 70 valence electrons. The van der Waals surface area contributed by atoms with Crippen LogP contribution < -0.4 is 0 Å². The number of rotatable bonds is 3. The summed E-state index contributed by atoms with van der Waals surface area (Å²) in [7, 11) is 0. The molecule has 0 bridgehead atoms. The van der Waals surface area contributed by atoms with Gasteiger partial charge in [-0.2, -0.15) is 0 Å². The van der Waals surface area contributed by atoms with Gasteiger partial charge in [-0.25, -0.2) is 0 Å². The van der Waals surface area contributed by atoms with E-state index in [9.17, 15) is 9.90 Å². The van der Waals surface area contributed by atoms with Gasteiger partial charge in [0.15, 0.2) is 0 Å². The highest BCUT2D eigenvalue weighted by Crippen LogP contribution is 2.43.